The van der Waals surface area contributed by atoms with E-state index in [4.69, 9.17) is 4.42 Å². The van der Waals surface area contributed by atoms with Crippen molar-refractivity contribution in [2.45, 2.75) is 13.1 Å². The van der Waals surface area contributed by atoms with Gasteiger partial charge in [0.2, 0.25) is 5.95 Å². The number of amides is 1. The SMILES string of the molecule is O=C(Nc1nc2ccccc2n1Cc1ccccc1)c1ccc(Cn2cc(Br)cn2)o1. The third kappa shape index (κ3) is 4.15. The van der Waals surface area contributed by atoms with Gasteiger partial charge < -0.3 is 8.98 Å². The quantitative estimate of drug-likeness (QED) is 0.377. The molecule has 3 heterocycles. The lowest BCUT2D eigenvalue weighted by Crippen LogP contribution is -2.16. The summed E-state index contributed by atoms with van der Waals surface area (Å²) in [6.07, 6.45) is 3.54. The number of anilines is 1. The van der Waals surface area contributed by atoms with Gasteiger partial charge >= 0.3 is 0 Å². The van der Waals surface area contributed by atoms with Gasteiger partial charge in [0.25, 0.3) is 5.91 Å². The summed E-state index contributed by atoms with van der Waals surface area (Å²) < 4.78 is 10.3. The maximum atomic E-state index is 12.9. The number of carbonyl (C=O) groups is 1. The Morgan fingerprint density at radius 1 is 1.00 bits per heavy atom. The fourth-order valence-electron chi connectivity index (χ4n) is 3.43. The average Bonchev–Trinajstić information content (AvgIpc) is 3.49. The lowest BCUT2D eigenvalue weighted by molar-refractivity contribution is 0.0993. The predicted molar refractivity (Wildman–Crippen MR) is 121 cm³/mol. The molecule has 154 valence electrons. The number of nitrogens with zero attached hydrogens (tertiary/aromatic N) is 4. The molecule has 5 aromatic rings. The first-order valence-electron chi connectivity index (χ1n) is 9.73. The van der Waals surface area contributed by atoms with Gasteiger partial charge in [-0.3, -0.25) is 14.8 Å². The van der Waals surface area contributed by atoms with Crippen LogP contribution in [0.4, 0.5) is 5.95 Å². The summed E-state index contributed by atoms with van der Waals surface area (Å²) in [4.78, 5) is 17.5. The normalized spacial score (nSPS) is 11.1. The highest BCUT2D eigenvalue weighted by Gasteiger charge is 2.17. The lowest BCUT2D eigenvalue weighted by atomic mass is 10.2. The number of benzene rings is 2. The molecule has 0 radical (unpaired) electrons. The van der Waals surface area contributed by atoms with Crippen LogP contribution in [0.2, 0.25) is 0 Å². The van der Waals surface area contributed by atoms with Gasteiger partial charge in [-0.1, -0.05) is 42.5 Å². The van der Waals surface area contributed by atoms with Crippen LogP contribution in [-0.4, -0.2) is 25.2 Å². The van der Waals surface area contributed by atoms with Crippen molar-refractivity contribution in [1.82, 2.24) is 19.3 Å². The molecule has 31 heavy (non-hydrogen) atoms. The molecule has 0 unspecified atom stereocenters. The van der Waals surface area contributed by atoms with E-state index in [0.717, 1.165) is 21.1 Å². The van der Waals surface area contributed by atoms with Gasteiger partial charge in [-0.15, -0.1) is 0 Å². The van der Waals surface area contributed by atoms with E-state index in [1.807, 2.05) is 65.4 Å². The third-order valence-electron chi connectivity index (χ3n) is 4.87. The first-order chi connectivity index (χ1) is 15.2. The highest BCUT2D eigenvalue weighted by atomic mass is 79.9. The van der Waals surface area contributed by atoms with Gasteiger partial charge in [-0.25, -0.2) is 4.98 Å². The molecule has 0 aliphatic rings. The molecule has 0 aliphatic heterocycles. The minimum Gasteiger partial charge on any atom is -0.454 e. The van der Waals surface area contributed by atoms with E-state index in [0.29, 0.717) is 24.8 Å². The standard InChI is InChI=1S/C23H18BrN5O2/c24-17-12-25-28(14-17)15-18-10-11-21(31-18)22(30)27-23-26-19-8-4-5-9-20(19)29(23)13-16-6-2-1-3-7-16/h1-12,14H,13,15H2,(H,26,27,30). The minimum absolute atomic E-state index is 0.222. The van der Waals surface area contributed by atoms with Crippen LogP contribution in [0.25, 0.3) is 11.0 Å². The van der Waals surface area contributed by atoms with E-state index in [1.165, 1.54) is 0 Å². The molecule has 0 saturated carbocycles. The number of fused-ring (bicyclic) bond motifs is 1. The summed E-state index contributed by atoms with van der Waals surface area (Å²) in [6, 6.07) is 21.3. The van der Waals surface area contributed by atoms with Crippen molar-refractivity contribution in [1.29, 1.82) is 0 Å². The fourth-order valence-corrected chi connectivity index (χ4v) is 3.76. The van der Waals surface area contributed by atoms with Crippen LogP contribution in [0.3, 0.4) is 0 Å². The summed E-state index contributed by atoms with van der Waals surface area (Å²) in [5.74, 6) is 0.986. The second kappa shape index (κ2) is 8.23. The van der Waals surface area contributed by atoms with Crippen LogP contribution in [0.15, 0.2) is 88.0 Å². The molecular formula is C23H18BrN5O2. The molecule has 2 aromatic carbocycles. The molecule has 0 fully saturated rings. The Labute approximate surface area is 186 Å². The highest BCUT2D eigenvalue weighted by Crippen LogP contribution is 2.22. The van der Waals surface area contributed by atoms with Gasteiger partial charge in [0.1, 0.15) is 5.76 Å². The number of hydrogen-bond donors (Lipinski definition) is 1. The van der Waals surface area contributed by atoms with Crippen LogP contribution >= 0.6 is 15.9 Å². The summed E-state index contributed by atoms with van der Waals surface area (Å²) in [6.45, 7) is 1.03. The summed E-state index contributed by atoms with van der Waals surface area (Å²) in [7, 11) is 0. The van der Waals surface area contributed by atoms with Gasteiger partial charge in [-0.05, 0) is 45.8 Å². The van der Waals surface area contributed by atoms with E-state index in [-0.39, 0.29) is 11.7 Å². The van der Waals surface area contributed by atoms with Crippen LogP contribution in [0, 0.1) is 0 Å². The second-order valence-corrected chi connectivity index (χ2v) is 7.99. The molecule has 3 aromatic heterocycles. The Kier molecular flexibility index (Phi) is 5.13. The van der Waals surface area contributed by atoms with Crippen molar-refractivity contribution >= 4 is 38.8 Å². The Hall–Kier alpha value is -3.65. The lowest BCUT2D eigenvalue weighted by Gasteiger charge is -2.10. The molecule has 8 heteroatoms. The van der Waals surface area contributed by atoms with E-state index in [9.17, 15) is 4.79 Å². The van der Waals surface area contributed by atoms with Gasteiger partial charge in [0, 0.05) is 6.20 Å². The van der Waals surface area contributed by atoms with E-state index < -0.39 is 0 Å². The number of rotatable bonds is 6. The molecule has 0 bridgehead atoms. The van der Waals surface area contributed by atoms with Gasteiger partial charge in [-0.2, -0.15) is 5.10 Å². The zero-order valence-electron chi connectivity index (χ0n) is 16.4. The maximum absolute atomic E-state index is 12.9. The Morgan fingerprint density at radius 3 is 2.61 bits per heavy atom. The van der Waals surface area contributed by atoms with Crippen molar-refractivity contribution in [3.05, 3.63) is 101 Å². The average molecular weight is 476 g/mol. The molecule has 1 amide bonds. The van der Waals surface area contributed by atoms with Gasteiger partial charge in [0.05, 0.1) is 34.8 Å². The summed E-state index contributed by atoms with van der Waals surface area (Å²) in [5, 5.41) is 7.11. The molecule has 0 spiro atoms. The van der Waals surface area contributed by atoms with E-state index in [1.54, 1.807) is 23.0 Å². The van der Waals surface area contributed by atoms with E-state index >= 15 is 0 Å². The van der Waals surface area contributed by atoms with Crippen LogP contribution < -0.4 is 5.32 Å². The van der Waals surface area contributed by atoms with Crippen molar-refractivity contribution in [3.8, 4) is 0 Å². The highest BCUT2D eigenvalue weighted by molar-refractivity contribution is 9.10. The number of aromatic nitrogens is 4. The van der Waals surface area contributed by atoms with Gasteiger partial charge in [0.15, 0.2) is 5.76 Å². The topological polar surface area (TPSA) is 77.9 Å². The zero-order chi connectivity index (χ0) is 21.2. The zero-order valence-corrected chi connectivity index (χ0v) is 18.0. The number of furan rings is 1. The number of nitrogens with one attached hydrogen (secondary N) is 1. The molecule has 0 atom stereocenters. The number of para-hydroxylation sites is 2. The second-order valence-electron chi connectivity index (χ2n) is 7.07. The van der Waals surface area contributed by atoms with Crippen molar-refractivity contribution in [2.75, 3.05) is 5.32 Å². The number of hydrogen-bond acceptors (Lipinski definition) is 4. The summed E-state index contributed by atoms with van der Waals surface area (Å²) >= 11 is 3.37. The predicted octanol–water partition coefficient (Wildman–Crippen LogP) is 4.94. The van der Waals surface area contributed by atoms with Crippen molar-refractivity contribution in [3.63, 3.8) is 0 Å². The largest absolute Gasteiger partial charge is 0.454 e. The molecular weight excluding hydrogens is 458 g/mol. The molecule has 5 rings (SSSR count). The Morgan fingerprint density at radius 2 is 1.81 bits per heavy atom. The van der Waals surface area contributed by atoms with Crippen molar-refractivity contribution < 1.29 is 9.21 Å². The first-order valence-corrected chi connectivity index (χ1v) is 10.5. The van der Waals surface area contributed by atoms with Crippen LogP contribution in [-0.2, 0) is 13.1 Å². The molecule has 7 nitrogen and oxygen atoms in total. The maximum Gasteiger partial charge on any atom is 0.293 e. The van der Waals surface area contributed by atoms with Crippen LogP contribution in [0.5, 0.6) is 0 Å². The van der Waals surface area contributed by atoms with E-state index in [2.05, 4.69) is 31.3 Å². The number of imidazole rings is 1. The molecule has 0 saturated heterocycles. The first kappa shape index (κ1) is 19.3. The third-order valence-corrected chi connectivity index (χ3v) is 5.28. The smallest absolute Gasteiger partial charge is 0.293 e. The summed E-state index contributed by atoms with van der Waals surface area (Å²) in [5.41, 5.74) is 2.89. The molecule has 0 aliphatic carbocycles. The number of halogens is 1. The molecule has 1 N–H and O–H groups in total. The Bertz CT molecular complexity index is 1350. The van der Waals surface area contributed by atoms with Crippen LogP contribution in [0.1, 0.15) is 21.9 Å². The Balaban J connectivity index is 1.40. The number of carbonyl (C=O) groups excluding carboxylic acids is 1. The van der Waals surface area contributed by atoms with Crippen molar-refractivity contribution in [2.24, 2.45) is 0 Å². The monoisotopic (exact) mass is 475 g/mol. The minimum atomic E-state index is -0.350. The fraction of sp³-hybridized carbons (Fsp3) is 0.0870.